The van der Waals surface area contributed by atoms with Gasteiger partial charge in [-0.05, 0) is 24.6 Å². The zero-order valence-electron chi connectivity index (χ0n) is 8.90. The first-order chi connectivity index (χ1) is 8.01. The molecule has 17 heavy (non-hydrogen) atoms. The number of rotatable bonds is 2. The molecule has 0 radical (unpaired) electrons. The zero-order chi connectivity index (χ0) is 12.5. The van der Waals surface area contributed by atoms with Crippen LogP contribution in [0.3, 0.4) is 0 Å². The molecule has 4 nitrogen and oxygen atoms in total. The third kappa shape index (κ3) is 2.74. The van der Waals surface area contributed by atoms with E-state index in [9.17, 15) is 8.42 Å². The lowest BCUT2D eigenvalue weighted by Crippen LogP contribution is -2.38. The number of sulfonamides is 1. The Kier molecular flexibility index (Phi) is 3.95. The minimum absolute atomic E-state index is 0.0859. The minimum Gasteiger partial charge on any atom is -0.365 e. The van der Waals surface area contributed by atoms with E-state index in [1.165, 1.54) is 22.5 Å². The Hall–Kier alpha value is -0.330. The Labute approximate surface area is 110 Å². The quantitative estimate of drug-likeness (QED) is 0.841. The molecule has 1 fully saturated rings. The highest BCUT2D eigenvalue weighted by Gasteiger charge is 2.26. The van der Waals surface area contributed by atoms with Crippen LogP contribution in [0.25, 0.3) is 0 Å². The second-order valence-corrected chi connectivity index (χ2v) is 6.40. The number of hydrogen-bond acceptors (Lipinski definition) is 3. The Morgan fingerprint density at radius 1 is 1.24 bits per heavy atom. The predicted octanol–water partition coefficient (Wildman–Crippen LogP) is 2.36. The lowest BCUT2D eigenvalue weighted by molar-refractivity contribution is 0.0313. The summed E-state index contributed by atoms with van der Waals surface area (Å²) in [5.41, 5.74) is 0. The summed E-state index contributed by atoms with van der Waals surface area (Å²) in [6, 6.07) is 4.27. The van der Waals surface area contributed by atoms with Crippen LogP contribution >= 0.6 is 23.2 Å². The van der Waals surface area contributed by atoms with Crippen LogP contribution in [-0.4, -0.2) is 32.6 Å². The Bertz CT molecular complexity index is 512. The average molecular weight is 296 g/mol. The van der Waals surface area contributed by atoms with Crippen molar-refractivity contribution in [1.29, 1.82) is 0 Å². The van der Waals surface area contributed by atoms with Gasteiger partial charge in [0, 0.05) is 13.2 Å². The van der Waals surface area contributed by atoms with Crippen molar-refractivity contribution in [3.63, 3.8) is 0 Å². The van der Waals surface area contributed by atoms with E-state index in [-0.39, 0.29) is 16.6 Å². The van der Waals surface area contributed by atoms with Crippen molar-refractivity contribution in [1.82, 2.24) is 4.31 Å². The minimum atomic E-state index is -3.54. The second kappa shape index (κ2) is 5.12. The summed E-state index contributed by atoms with van der Waals surface area (Å²) < 4.78 is 30.8. The van der Waals surface area contributed by atoms with Crippen LogP contribution in [-0.2, 0) is 14.8 Å². The van der Waals surface area contributed by atoms with Crippen LogP contribution in [0.1, 0.15) is 6.42 Å². The van der Waals surface area contributed by atoms with Crippen LogP contribution in [0.5, 0.6) is 0 Å². The van der Waals surface area contributed by atoms with Crippen molar-refractivity contribution in [2.75, 3.05) is 19.9 Å². The Morgan fingerprint density at radius 3 is 2.59 bits per heavy atom. The smallest absolute Gasteiger partial charge is 0.245 e. The molecule has 0 saturated carbocycles. The van der Waals surface area contributed by atoms with Gasteiger partial charge in [0.25, 0.3) is 0 Å². The van der Waals surface area contributed by atoms with Gasteiger partial charge < -0.3 is 4.74 Å². The third-order valence-corrected chi connectivity index (χ3v) is 5.02. The lowest BCUT2D eigenvalue weighted by atomic mass is 10.4. The van der Waals surface area contributed by atoms with Crippen LogP contribution in [0.15, 0.2) is 23.1 Å². The van der Waals surface area contributed by atoms with Crippen molar-refractivity contribution in [2.45, 2.75) is 11.3 Å². The Morgan fingerprint density at radius 2 is 2.00 bits per heavy atom. The summed E-state index contributed by atoms with van der Waals surface area (Å²) in [5, 5.41) is 0.561. The largest absolute Gasteiger partial charge is 0.365 e. The first kappa shape index (κ1) is 13.1. The van der Waals surface area contributed by atoms with Crippen LogP contribution in [0.4, 0.5) is 0 Å². The van der Waals surface area contributed by atoms with E-state index in [2.05, 4.69) is 0 Å². The molecule has 0 aromatic heterocycles. The molecule has 1 heterocycles. The molecule has 1 saturated heterocycles. The molecule has 1 aliphatic heterocycles. The fourth-order valence-corrected chi connectivity index (χ4v) is 3.30. The topological polar surface area (TPSA) is 46.6 Å². The first-order valence-corrected chi connectivity index (χ1v) is 7.24. The number of nitrogens with zero attached hydrogens (tertiary/aromatic N) is 1. The number of hydrogen-bond donors (Lipinski definition) is 0. The zero-order valence-corrected chi connectivity index (χ0v) is 11.2. The number of ether oxygens (including phenoxy) is 1. The molecule has 94 valence electrons. The number of halogens is 2. The summed E-state index contributed by atoms with van der Waals surface area (Å²) in [6.07, 6.45) is 0.695. The molecule has 0 atom stereocenters. The normalized spacial score (nSPS) is 18.2. The van der Waals surface area contributed by atoms with Gasteiger partial charge in [0.05, 0.1) is 14.9 Å². The standard InChI is InChI=1S/C10H11Cl2NO3S/c11-9-3-2-8(6-10(9)12)17(14,15)13-4-1-5-16-7-13/h2-3,6H,1,4-5,7H2. The molecule has 0 unspecified atom stereocenters. The highest BCUT2D eigenvalue weighted by molar-refractivity contribution is 7.89. The van der Waals surface area contributed by atoms with Gasteiger partial charge in [0.1, 0.15) is 6.73 Å². The van der Waals surface area contributed by atoms with E-state index in [0.717, 1.165) is 0 Å². The van der Waals surface area contributed by atoms with E-state index in [4.69, 9.17) is 27.9 Å². The van der Waals surface area contributed by atoms with E-state index >= 15 is 0 Å². The first-order valence-electron chi connectivity index (χ1n) is 5.05. The fraction of sp³-hybridized carbons (Fsp3) is 0.400. The van der Waals surface area contributed by atoms with Gasteiger partial charge in [-0.25, -0.2) is 8.42 Å². The third-order valence-electron chi connectivity index (χ3n) is 2.46. The molecule has 0 bridgehead atoms. The van der Waals surface area contributed by atoms with Gasteiger partial charge >= 0.3 is 0 Å². The van der Waals surface area contributed by atoms with Gasteiger partial charge in [-0.1, -0.05) is 23.2 Å². The molecule has 0 N–H and O–H groups in total. The summed E-state index contributed by atoms with van der Waals surface area (Å²) in [5.74, 6) is 0. The number of benzene rings is 1. The maximum absolute atomic E-state index is 12.2. The highest BCUT2D eigenvalue weighted by atomic mass is 35.5. The molecule has 1 aromatic rings. The SMILES string of the molecule is O=S(=O)(c1ccc(Cl)c(Cl)c1)N1CCCOC1. The van der Waals surface area contributed by atoms with Gasteiger partial charge in [0.15, 0.2) is 0 Å². The fourth-order valence-electron chi connectivity index (χ4n) is 1.55. The van der Waals surface area contributed by atoms with E-state index in [1.807, 2.05) is 0 Å². The van der Waals surface area contributed by atoms with Crippen LogP contribution in [0.2, 0.25) is 10.0 Å². The maximum atomic E-state index is 12.2. The van der Waals surface area contributed by atoms with E-state index in [0.29, 0.717) is 24.6 Å². The van der Waals surface area contributed by atoms with Gasteiger partial charge in [0.2, 0.25) is 10.0 Å². The molecular weight excluding hydrogens is 285 g/mol. The maximum Gasteiger partial charge on any atom is 0.245 e. The molecule has 0 aliphatic carbocycles. The molecular formula is C10H11Cl2NO3S. The summed E-state index contributed by atoms with van der Waals surface area (Å²) in [7, 11) is -3.54. The molecule has 1 aromatic carbocycles. The van der Waals surface area contributed by atoms with Crippen molar-refractivity contribution in [2.24, 2.45) is 0 Å². The average Bonchev–Trinajstić information content (AvgIpc) is 2.33. The lowest BCUT2D eigenvalue weighted by Gasteiger charge is -2.25. The van der Waals surface area contributed by atoms with Crippen LogP contribution in [0, 0.1) is 0 Å². The van der Waals surface area contributed by atoms with E-state index < -0.39 is 10.0 Å². The van der Waals surface area contributed by atoms with Crippen molar-refractivity contribution in [3.8, 4) is 0 Å². The van der Waals surface area contributed by atoms with Crippen molar-refractivity contribution >= 4 is 33.2 Å². The molecule has 0 amide bonds. The van der Waals surface area contributed by atoms with Gasteiger partial charge in [-0.2, -0.15) is 4.31 Å². The van der Waals surface area contributed by atoms with Crippen molar-refractivity contribution < 1.29 is 13.2 Å². The van der Waals surface area contributed by atoms with Gasteiger partial charge in [-0.15, -0.1) is 0 Å². The monoisotopic (exact) mass is 295 g/mol. The Balaban J connectivity index is 2.33. The summed E-state index contributed by atoms with van der Waals surface area (Å²) >= 11 is 11.6. The van der Waals surface area contributed by atoms with E-state index in [1.54, 1.807) is 0 Å². The molecule has 2 rings (SSSR count). The van der Waals surface area contributed by atoms with Gasteiger partial charge in [-0.3, -0.25) is 0 Å². The molecule has 7 heteroatoms. The summed E-state index contributed by atoms with van der Waals surface area (Å²) in [6.45, 7) is 1.14. The van der Waals surface area contributed by atoms with Crippen molar-refractivity contribution in [3.05, 3.63) is 28.2 Å². The molecule has 1 aliphatic rings. The highest BCUT2D eigenvalue weighted by Crippen LogP contribution is 2.27. The van der Waals surface area contributed by atoms with Crippen LogP contribution < -0.4 is 0 Å². The summed E-state index contributed by atoms with van der Waals surface area (Å²) in [4.78, 5) is 0.136. The molecule has 0 spiro atoms. The second-order valence-electron chi connectivity index (χ2n) is 3.65. The predicted molar refractivity (Wildman–Crippen MR) is 65.8 cm³/mol.